The maximum atomic E-state index is 14.7. The normalized spacial score (nSPS) is 21.2. The van der Waals surface area contributed by atoms with Gasteiger partial charge in [-0.25, -0.2) is 8.78 Å². The van der Waals surface area contributed by atoms with E-state index in [1.54, 1.807) is 12.1 Å². The van der Waals surface area contributed by atoms with Gasteiger partial charge in [0.2, 0.25) is 5.91 Å². The van der Waals surface area contributed by atoms with E-state index in [0.29, 0.717) is 38.3 Å². The highest BCUT2D eigenvalue weighted by atomic mass is 19.4. The monoisotopic (exact) mass is 495 g/mol. The first-order valence-electron chi connectivity index (χ1n) is 11.6. The number of pyridine rings is 1. The quantitative estimate of drug-likeness (QED) is 0.570. The SMILES string of the molecule is CCc1ccnc(C(=O)N2C[C@H](C)C[C@@H]2C(=O)N[C@@H](c2cc(F)c(C(F)(F)F)cc2F)C2CC2)c1. The molecule has 2 heterocycles. The highest BCUT2D eigenvalue weighted by molar-refractivity contribution is 5.96. The Morgan fingerprint density at radius 2 is 1.89 bits per heavy atom. The number of benzene rings is 1. The van der Waals surface area contributed by atoms with E-state index < -0.39 is 47.3 Å². The summed E-state index contributed by atoms with van der Waals surface area (Å²) < 4.78 is 67.8. The van der Waals surface area contributed by atoms with Crippen molar-refractivity contribution in [1.29, 1.82) is 0 Å². The Bertz CT molecular complexity index is 1130. The molecule has 10 heteroatoms. The Balaban J connectivity index is 1.58. The fourth-order valence-corrected chi connectivity index (χ4v) is 4.62. The first-order valence-corrected chi connectivity index (χ1v) is 11.6. The molecular formula is C25H26F5N3O2. The highest BCUT2D eigenvalue weighted by Gasteiger charge is 2.43. The number of halogens is 5. The molecule has 2 aromatic rings. The molecule has 0 radical (unpaired) electrons. The Kier molecular flexibility index (Phi) is 6.83. The van der Waals surface area contributed by atoms with Gasteiger partial charge in [0.05, 0.1) is 11.6 Å². The molecule has 1 aliphatic heterocycles. The molecule has 1 saturated heterocycles. The Morgan fingerprint density at radius 3 is 2.51 bits per heavy atom. The highest BCUT2D eigenvalue weighted by Crippen LogP contribution is 2.43. The number of likely N-dealkylation sites (tertiary alicyclic amines) is 1. The van der Waals surface area contributed by atoms with E-state index in [1.165, 1.54) is 11.1 Å². The number of amides is 2. The molecule has 0 spiro atoms. The molecule has 4 rings (SSSR count). The smallest absolute Gasteiger partial charge is 0.347 e. The van der Waals surface area contributed by atoms with Crippen LogP contribution in [0.1, 0.15) is 66.3 Å². The fourth-order valence-electron chi connectivity index (χ4n) is 4.62. The van der Waals surface area contributed by atoms with Gasteiger partial charge >= 0.3 is 6.18 Å². The van der Waals surface area contributed by atoms with E-state index in [1.807, 2.05) is 13.8 Å². The lowest BCUT2D eigenvalue weighted by atomic mass is 9.98. The second-order valence-electron chi connectivity index (χ2n) is 9.39. The van der Waals surface area contributed by atoms with Crippen LogP contribution in [0, 0.1) is 23.5 Å². The second kappa shape index (κ2) is 9.54. The number of carbonyl (C=O) groups excluding carboxylic acids is 2. The molecule has 2 aliphatic rings. The molecule has 1 saturated carbocycles. The number of rotatable bonds is 6. The van der Waals surface area contributed by atoms with Crippen LogP contribution in [0.5, 0.6) is 0 Å². The van der Waals surface area contributed by atoms with Gasteiger partial charge in [-0.2, -0.15) is 13.2 Å². The molecule has 1 aromatic carbocycles. The minimum Gasteiger partial charge on any atom is -0.347 e. The van der Waals surface area contributed by atoms with Crippen LogP contribution in [0.3, 0.4) is 0 Å². The van der Waals surface area contributed by atoms with Gasteiger partial charge in [-0.3, -0.25) is 14.6 Å². The average molecular weight is 495 g/mol. The molecule has 5 nitrogen and oxygen atoms in total. The third-order valence-corrected chi connectivity index (χ3v) is 6.64. The lowest BCUT2D eigenvalue weighted by Crippen LogP contribution is -2.47. The largest absolute Gasteiger partial charge is 0.419 e. The van der Waals surface area contributed by atoms with Crippen LogP contribution in [0.15, 0.2) is 30.5 Å². The minimum absolute atomic E-state index is 0.0173. The third kappa shape index (κ3) is 5.31. The predicted octanol–water partition coefficient (Wildman–Crippen LogP) is 5.06. The number of alkyl halides is 3. The van der Waals surface area contributed by atoms with Gasteiger partial charge in [-0.1, -0.05) is 13.8 Å². The lowest BCUT2D eigenvalue weighted by molar-refractivity contribution is -0.140. The zero-order valence-corrected chi connectivity index (χ0v) is 19.3. The van der Waals surface area contributed by atoms with Crippen molar-refractivity contribution in [1.82, 2.24) is 15.2 Å². The zero-order valence-electron chi connectivity index (χ0n) is 19.3. The second-order valence-corrected chi connectivity index (χ2v) is 9.39. The predicted molar refractivity (Wildman–Crippen MR) is 117 cm³/mol. The van der Waals surface area contributed by atoms with Crippen molar-refractivity contribution < 1.29 is 31.5 Å². The molecule has 2 fully saturated rings. The van der Waals surface area contributed by atoms with Crippen LogP contribution in [-0.4, -0.2) is 34.3 Å². The van der Waals surface area contributed by atoms with Crippen LogP contribution in [0.2, 0.25) is 0 Å². The molecule has 1 aromatic heterocycles. The van der Waals surface area contributed by atoms with Crippen molar-refractivity contribution in [3.05, 3.63) is 64.5 Å². The summed E-state index contributed by atoms with van der Waals surface area (Å²) in [5.41, 5.74) is -0.883. The van der Waals surface area contributed by atoms with Gasteiger partial charge in [0, 0.05) is 18.3 Å². The van der Waals surface area contributed by atoms with Crippen LogP contribution < -0.4 is 5.32 Å². The topological polar surface area (TPSA) is 62.3 Å². The molecular weight excluding hydrogens is 469 g/mol. The molecule has 1 N–H and O–H groups in total. The summed E-state index contributed by atoms with van der Waals surface area (Å²) in [4.78, 5) is 32.0. The van der Waals surface area contributed by atoms with Crippen molar-refractivity contribution in [2.24, 2.45) is 11.8 Å². The lowest BCUT2D eigenvalue weighted by Gasteiger charge is -2.27. The molecule has 188 valence electrons. The van der Waals surface area contributed by atoms with Crippen LogP contribution in [-0.2, 0) is 17.4 Å². The van der Waals surface area contributed by atoms with Crippen molar-refractivity contribution >= 4 is 11.8 Å². The first kappa shape index (κ1) is 25.1. The number of hydrogen-bond acceptors (Lipinski definition) is 3. The fraction of sp³-hybridized carbons (Fsp3) is 0.480. The van der Waals surface area contributed by atoms with Crippen LogP contribution in [0.4, 0.5) is 22.0 Å². The average Bonchev–Trinajstić information content (AvgIpc) is 3.58. The zero-order chi connectivity index (χ0) is 25.5. The molecule has 3 atom stereocenters. The van der Waals surface area contributed by atoms with Gasteiger partial charge in [0.25, 0.3) is 5.91 Å². The molecule has 35 heavy (non-hydrogen) atoms. The van der Waals surface area contributed by atoms with E-state index in [2.05, 4.69) is 10.3 Å². The molecule has 0 unspecified atom stereocenters. The number of carbonyl (C=O) groups is 2. The number of nitrogens with zero attached hydrogens (tertiary/aromatic N) is 2. The van der Waals surface area contributed by atoms with E-state index in [-0.39, 0.29) is 29.2 Å². The van der Waals surface area contributed by atoms with Gasteiger partial charge in [0.1, 0.15) is 23.4 Å². The van der Waals surface area contributed by atoms with Gasteiger partial charge in [-0.05, 0) is 67.3 Å². The summed E-state index contributed by atoms with van der Waals surface area (Å²) in [7, 11) is 0. The van der Waals surface area contributed by atoms with Crippen LogP contribution >= 0.6 is 0 Å². The maximum absolute atomic E-state index is 14.7. The number of nitrogens with one attached hydrogen (secondary N) is 1. The van der Waals surface area contributed by atoms with E-state index in [0.717, 1.165) is 5.56 Å². The van der Waals surface area contributed by atoms with Crippen LogP contribution in [0.25, 0.3) is 0 Å². The number of aromatic nitrogens is 1. The van der Waals surface area contributed by atoms with Gasteiger partial charge in [-0.15, -0.1) is 0 Å². The van der Waals surface area contributed by atoms with E-state index in [9.17, 15) is 31.5 Å². The first-order chi connectivity index (χ1) is 16.5. The Morgan fingerprint density at radius 1 is 1.17 bits per heavy atom. The summed E-state index contributed by atoms with van der Waals surface area (Å²) in [6.07, 6.45) is -1.19. The summed E-state index contributed by atoms with van der Waals surface area (Å²) in [5, 5.41) is 2.70. The third-order valence-electron chi connectivity index (χ3n) is 6.64. The minimum atomic E-state index is -5.04. The van der Waals surface area contributed by atoms with Crippen molar-refractivity contribution in [2.75, 3.05) is 6.54 Å². The molecule has 0 bridgehead atoms. The van der Waals surface area contributed by atoms with Gasteiger partial charge in [0.15, 0.2) is 0 Å². The standard InChI is InChI=1S/C25H26F5N3O2/c1-3-14-6-7-31-20(9-14)24(35)33-12-13(2)8-21(33)23(34)32-22(15-4-5-15)16-10-19(27)17(11-18(16)26)25(28,29)30/h6-7,9-11,13,15,21-22H,3-5,8,12H2,1-2H3,(H,32,34)/t13-,21-,22-/m1/s1. The van der Waals surface area contributed by atoms with Crippen molar-refractivity contribution in [3.8, 4) is 0 Å². The summed E-state index contributed by atoms with van der Waals surface area (Å²) in [6, 6.07) is 2.27. The summed E-state index contributed by atoms with van der Waals surface area (Å²) in [5.74, 6) is -3.99. The van der Waals surface area contributed by atoms with Crippen molar-refractivity contribution in [3.63, 3.8) is 0 Å². The summed E-state index contributed by atoms with van der Waals surface area (Å²) >= 11 is 0. The number of aryl methyl sites for hydroxylation is 1. The Hall–Kier alpha value is -3.04. The molecule has 1 aliphatic carbocycles. The van der Waals surface area contributed by atoms with E-state index in [4.69, 9.17) is 0 Å². The molecule has 2 amide bonds. The summed E-state index contributed by atoms with van der Waals surface area (Å²) in [6.45, 7) is 4.16. The van der Waals surface area contributed by atoms with Gasteiger partial charge < -0.3 is 10.2 Å². The Labute approximate surface area is 199 Å². The van der Waals surface area contributed by atoms with E-state index >= 15 is 0 Å². The maximum Gasteiger partial charge on any atom is 0.419 e. The number of hydrogen-bond donors (Lipinski definition) is 1. The van der Waals surface area contributed by atoms with Crippen molar-refractivity contribution in [2.45, 2.75) is 57.8 Å².